The molecule has 1 aliphatic carbocycles. The van der Waals surface area contributed by atoms with Gasteiger partial charge in [-0.15, -0.1) is 11.3 Å². The summed E-state index contributed by atoms with van der Waals surface area (Å²) in [4.78, 5) is 4.66. The number of nitrogens with one attached hydrogen (secondary N) is 1. The predicted octanol–water partition coefficient (Wildman–Crippen LogP) is 4.01. The molecule has 4 rings (SSSR count). The second-order valence-corrected chi connectivity index (χ2v) is 8.62. The predicted molar refractivity (Wildman–Crippen MR) is 98.0 cm³/mol. The average Bonchev–Trinajstić information content (AvgIpc) is 3.19. The molecular weight excluding hydrogens is 393 g/mol. The van der Waals surface area contributed by atoms with Crippen LogP contribution in [0, 0.1) is 5.82 Å². The van der Waals surface area contributed by atoms with Gasteiger partial charge in [-0.05, 0) is 49.4 Å². The van der Waals surface area contributed by atoms with E-state index in [2.05, 4.69) is 14.9 Å². The lowest BCUT2D eigenvalue weighted by Gasteiger charge is -2.09. The number of benzene rings is 1. The topological polar surface area (TPSA) is 94.3 Å². The zero-order valence-electron chi connectivity index (χ0n) is 14.3. The Morgan fingerprint density at radius 1 is 1.37 bits per heavy atom. The first-order chi connectivity index (χ1) is 13.0. The highest BCUT2D eigenvalue weighted by Crippen LogP contribution is 2.40. The molecule has 1 saturated carbocycles. The van der Waals surface area contributed by atoms with Crippen molar-refractivity contribution in [3.63, 3.8) is 0 Å². The third-order valence-corrected chi connectivity index (χ3v) is 6.27. The molecule has 2 aromatic heterocycles. The van der Waals surface area contributed by atoms with Crippen molar-refractivity contribution < 1.29 is 22.1 Å². The van der Waals surface area contributed by atoms with Gasteiger partial charge in [-0.2, -0.15) is 4.98 Å². The number of nitrogens with zero attached hydrogens (tertiary/aromatic N) is 2. The van der Waals surface area contributed by atoms with Gasteiger partial charge in [-0.3, -0.25) is 4.72 Å². The summed E-state index contributed by atoms with van der Waals surface area (Å²) >= 11 is 1.28. The van der Waals surface area contributed by atoms with Crippen molar-refractivity contribution >= 4 is 27.0 Å². The number of hydrogen-bond acceptors (Lipinski definition) is 7. The van der Waals surface area contributed by atoms with Gasteiger partial charge in [-0.25, -0.2) is 12.8 Å². The molecule has 2 heterocycles. The van der Waals surface area contributed by atoms with Gasteiger partial charge in [0.25, 0.3) is 15.9 Å². The molecule has 0 amide bonds. The molecule has 142 valence electrons. The van der Waals surface area contributed by atoms with E-state index in [1.54, 1.807) is 18.4 Å². The Morgan fingerprint density at radius 3 is 2.89 bits per heavy atom. The largest absolute Gasteiger partial charge is 0.491 e. The minimum Gasteiger partial charge on any atom is -0.491 e. The molecular formula is C17H16FN3O4S2. The van der Waals surface area contributed by atoms with Crippen molar-refractivity contribution in [2.45, 2.75) is 30.6 Å². The Labute approximate surface area is 159 Å². The van der Waals surface area contributed by atoms with Crippen molar-refractivity contribution in [1.29, 1.82) is 0 Å². The fourth-order valence-electron chi connectivity index (χ4n) is 2.51. The third-order valence-electron chi connectivity index (χ3n) is 4.00. The maximum atomic E-state index is 14.0. The van der Waals surface area contributed by atoms with Crippen LogP contribution in [0.1, 0.15) is 31.5 Å². The molecule has 27 heavy (non-hydrogen) atoms. The highest BCUT2D eigenvalue weighted by Gasteiger charge is 2.30. The maximum absolute atomic E-state index is 14.0. The van der Waals surface area contributed by atoms with E-state index in [0.29, 0.717) is 22.3 Å². The van der Waals surface area contributed by atoms with E-state index in [9.17, 15) is 12.8 Å². The van der Waals surface area contributed by atoms with Gasteiger partial charge in [0.2, 0.25) is 0 Å². The standard InChI is InChI=1S/C17H16FN3O4S2/c1-2-24-14-6-5-11(9-12(14)18)27(22,23)21-13-7-8-26-15(13)17-19-16(20-25-17)10-3-4-10/h5-10,21H,2-4H2,1H3. The normalized spacial score (nSPS) is 14.3. The van der Waals surface area contributed by atoms with Crippen LogP contribution in [0.15, 0.2) is 39.1 Å². The third kappa shape index (κ3) is 3.67. The molecule has 0 aliphatic heterocycles. The van der Waals surface area contributed by atoms with Crippen molar-refractivity contribution in [2.75, 3.05) is 11.3 Å². The molecule has 3 aromatic rings. The fourth-order valence-corrected chi connectivity index (χ4v) is 4.43. The molecule has 0 atom stereocenters. The molecule has 0 saturated heterocycles. The second-order valence-electron chi connectivity index (χ2n) is 6.03. The Balaban J connectivity index is 1.60. The van der Waals surface area contributed by atoms with E-state index in [0.717, 1.165) is 18.9 Å². The second kappa shape index (κ2) is 6.93. The van der Waals surface area contributed by atoms with Crippen LogP contribution in [-0.2, 0) is 10.0 Å². The summed E-state index contributed by atoms with van der Waals surface area (Å²) in [7, 11) is -3.99. The Kier molecular flexibility index (Phi) is 4.60. The summed E-state index contributed by atoms with van der Waals surface area (Å²) in [6, 6.07) is 5.11. The van der Waals surface area contributed by atoms with Crippen LogP contribution < -0.4 is 9.46 Å². The van der Waals surface area contributed by atoms with Crippen molar-refractivity contribution in [1.82, 2.24) is 10.1 Å². The average molecular weight is 409 g/mol. The monoisotopic (exact) mass is 409 g/mol. The molecule has 7 nitrogen and oxygen atoms in total. The Bertz CT molecular complexity index is 1070. The molecule has 10 heteroatoms. The molecule has 1 aliphatic rings. The van der Waals surface area contributed by atoms with Crippen molar-refractivity contribution in [3.8, 4) is 16.5 Å². The van der Waals surface area contributed by atoms with Gasteiger partial charge in [0.15, 0.2) is 17.4 Å². The number of halogens is 1. The smallest absolute Gasteiger partial charge is 0.270 e. The van der Waals surface area contributed by atoms with E-state index in [-0.39, 0.29) is 23.1 Å². The lowest BCUT2D eigenvalue weighted by atomic mass is 10.3. The first-order valence-corrected chi connectivity index (χ1v) is 10.7. The van der Waals surface area contributed by atoms with Gasteiger partial charge in [-0.1, -0.05) is 5.16 Å². The lowest BCUT2D eigenvalue weighted by molar-refractivity contribution is 0.321. The van der Waals surface area contributed by atoms with Crippen LogP contribution in [0.2, 0.25) is 0 Å². The van der Waals surface area contributed by atoms with Gasteiger partial charge >= 0.3 is 0 Å². The van der Waals surface area contributed by atoms with Crippen molar-refractivity contribution in [3.05, 3.63) is 41.3 Å². The van der Waals surface area contributed by atoms with Crippen LogP contribution in [0.25, 0.3) is 10.8 Å². The fraction of sp³-hybridized carbons (Fsp3) is 0.294. The van der Waals surface area contributed by atoms with E-state index < -0.39 is 15.8 Å². The van der Waals surface area contributed by atoms with E-state index >= 15 is 0 Å². The van der Waals surface area contributed by atoms with Crippen LogP contribution >= 0.6 is 11.3 Å². The first kappa shape index (κ1) is 17.9. The van der Waals surface area contributed by atoms with Crippen LogP contribution in [0.4, 0.5) is 10.1 Å². The summed E-state index contributed by atoms with van der Waals surface area (Å²) in [6.07, 6.45) is 2.07. The molecule has 0 unspecified atom stereocenters. The highest BCUT2D eigenvalue weighted by molar-refractivity contribution is 7.92. The number of thiophene rings is 1. The SMILES string of the molecule is CCOc1ccc(S(=O)(=O)Nc2ccsc2-c2nc(C3CC3)no2)cc1F. The van der Waals surface area contributed by atoms with E-state index in [1.807, 2.05) is 0 Å². The summed E-state index contributed by atoms with van der Waals surface area (Å²) in [5.41, 5.74) is 0.306. The molecule has 0 bridgehead atoms. The number of ether oxygens (including phenoxy) is 1. The van der Waals surface area contributed by atoms with Crippen LogP contribution in [0.5, 0.6) is 5.75 Å². The van der Waals surface area contributed by atoms with Crippen LogP contribution in [-0.4, -0.2) is 25.2 Å². The lowest BCUT2D eigenvalue weighted by Crippen LogP contribution is -2.13. The summed E-state index contributed by atoms with van der Waals surface area (Å²) in [5, 5.41) is 5.66. The molecule has 0 radical (unpaired) electrons. The highest BCUT2D eigenvalue weighted by atomic mass is 32.2. The molecule has 1 fully saturated rings. The number of rotatable bonds is 7. The van der Waals surface area contributed by atoms with Gasteiger partial charge in [0, 0.05) is 5.92 Å². The minimum atomic E-state index is -3.99. The number of aromatic nitrogens is 2. The molecule has 1 aromatic carbocycles. The number of sulfonamides is 1. The Morgan fingerprint density at radius 2 is 2.19 bits per heavy atom. The van der Waals surface area contributed by atoms with Gasteiger partial charge in [0.1, 0.15) is 4.88 Å². The summed E-state index contributed by atoms with van der Waals surface area (Å²) in [6.45, 7) is 2.00. The maximum Gasteiger partial charge on any atom is 0.270 e. The number of anilines is 1. The summed E-state index contributed by atoms with van der Waals surface area (Å²) in [5.74, 6) is 0.500. The minimum absolute atomic E-state index is 0.00568. The van der Waals surface area contributed by atoms with Crippen molar-refractivity contribution in [2.24, 2.45) is 0 Å². The zero-order valence-corrected chi connectivity index (χ0v) is 15.9. The van der Waals surface area contributed by atoms with Crippen LogP contribution in [0.3, 0.4) is 0 Å². The quantitative estimate of drug-likeness (QED) is 0.633. The number of hydrogen-bond donors (Lipinski definition) is 1. The van der Waals surface area contributed by atoms with Gasteiger partial charge < -0.3 is 9.26 Å². The van der Waals surface area contributed by atoms with E-state index in [4.69, 9.17) is 9.26 Å². The van der Waals surface area contributed by atoms with E-state index in [1.165, 1.54) is 23.5 Å². The zero-order chi connectivity index (χ0) is 19.0. The first-order valence-electron chi connectivity index (χ1n) is 8.34. The summed E-state index contributed by atoms with van der Waals surface area (Å²) < 4.78 is 52.2. The molecule has 0 spiro atoms. The Hall–Kier alpha value is -2.46. The van der Waals surface area contributed by atoms with Gasteiger partial charge in [0.05, 0.1) is 17.2 Å². The molecule has 1 N–H and O–H groups in total.